The van der Waals surface area contributed by atoms with E-state index >= 15 is 0 Å². The fraction of sp³-hybridized carbons (Fsp3) is 0.318. The summed E-state index contributed by atoms with van der Waals surface area (Å²) in [4.78, 5) is 16.8. The van der Waals surface area contributed by atoms with Gasteiger partial charge in [0.15, 0.2) is 9.84 Å². The van der Waals surface area contributed by atoms with Crippen molar-refractivity contribution in [1.29, 1.82) is 0 Å². The van der Waals surface area contributed by atoms with Crippen LogP contribution in [-0.4, -0.2) is 40.6 Å². The molecule has 4 rings (SSSR count). The van der Waals surface area contributed by atoms with Crippen LogP contribution in [0.15, 0.2) is 41.8 Å². The molecule has 2 aromatic heterocycles. The van der Waals surface area contributed by atoms with Gasteiger partial charge in [-0.25, -0.2) is 18.1 Å². The molecule has 168 valence electrons. The average molecular weight is 473 g/mol. The van der Waals surface area contributed by atoms with Crippen molar-refractivity contribution in [3.8, 4) is 5.75 Å². The number of amides is 1. The van der Waals surface area contributed by atoms with E-state index in [0.29, 0.717) is 18.8 Å². The molecule has 1 atom stereocenters. The molecule has 3 heterocycles. The molecule has 0 unspecified atom stereocenters. The van der Waals surface area contributed by atoms with Gasteiger partial charge in [-0.1, -0.05) is 12.1 Å². The molecule has 10 heteroatoms. The maximum absolute atomic E-state index is 12.4. The predicted molar refractivity (Wildman–Crippen MR) is 125 cm³/mol. The number of hydrogen-bond donors (Lipinski definition) is 1. The normalized spacial score (nSPS) is 17.6. The van der Waals surface area contributed by atoms with E-state index in [1.54, 1.807) is 28.2 Å². The summed E-state index contributed by atoms with van der Waals surface area (Å²) in [5, 5.41) is 10.2. The van der Waals surface area contributed by atoms with Crippen LogP contribution in [0.1, 0.15) is 34.4 Å². The third-order valence-electron chi connectivity index (χ3n) is 5.02. The first kappa shape index (κ1) is 22.2. The Balaban J connectivity index is 1.35. The van der Waals surface area contributed by atoms with Gasteiger partial charge >= 0.3 is 0 Å². The first-order valence-corrected chi connectivity index (χ1v) is 12.9. The summed E-state index contributed by atoms with van der Waals surface area (Å²) in [5.74, 6) is 1.10. The van der Waals surface area contributed by atoms with E-state index in [-0.39, 0.29) is 23.5 Å². The van der Waals surface area contributed by atoms with Crippen LogP contribution in [-0.2, 0) is 21.2 Å². The summed E-state index contributed by atoms with van der Waals surface area (Å²) in [7, 11) is -3.05. The molecule has 1 N–H and O–H groups in total. The Kier molecular flexibility index (Phi) is 6.43. The number of benzene rings is 1. The number of thiazole rings is 1. The summed E-state index contributed by atoms with van der Waals surface area (Å²) < 4.78 is 30.9. The smallest absolute Gasteiger partial charge is 0.249 e. The highest BCUT2D eigenvalue weighted by Crippen LogP contribution is 2.27. The third kappa shape index (κ3) is 5.63. The lowest BCUT2D eigenvalue weighted by Crippen LogP contribution is -2.18. The fourth-order valence-corrected chi connectivity index (χ4v) is 5.79. The van der Waals surface area contributed by atoms with E-state index in [9.17, 15) is 13.2 Å². The molecule has 0 radical (unpaired) electrons. The zero-order chi connectivity index (χ0) is 22.7. The van der Waals surface area contributed by atoms with Crippen LogP contribution in [0.2, 0.25) is 0 Å². The van der Waals surface area contributed by atoms with Crippen molar-refractivity contribution in [3.05, 3.63) is 63.7 Å². The molecule has 8 nitrogen and oxygen atoms in total. The second kappa shape index (κ2) is 9.25. The summed E-state index contributed by atoms with van der Waals surface area (Å²) >= 11 is 1.59. The van der Waals surface area contributed by atoms with Gasteiger partial charge in [-0.15, -0.1) is 11.3 Å². The van der Waals surface area contributed by atoms with E-state index in [1.807, 2.05) is 43.5 Å². The van der Waals surface area contributed by atoms with Crippen LogP contribution in [0.25, 0.3) is 6.08 Å². The van der Waals surface area contributed by atoms with Gasteiger partial charge < -0.3 is 10.1 Å². The highest BCUT2D eigenvalue weighted by molar-refractivity contribution is 7.91. The summed E-state index contributed by atoms with van der Waals surface area (Å²) in [6, 6.07) is 8.90. The highest BCUT2D eigenvalue weighted by Gasteiger charge is 2.31. The first-order valence-electron chi connectivity index (χ1n) is 10.2. The molecular weight excluding hydrogens is 448 g/mol. The lowest BCUT2D eigenvalue weighted by atomic mass is 10.2. The second-order valence-corrected chi connectivity index (χ2v) is 11.0. The van der Waals surface area contributed by atoms with E-state index in [4.69, 9.17) is 4.74 Å². The van der Waals surface area contributed by atoms with Crippen molar-refractivity contribution in [3.63, 3.8) is 0 Å². The monoisotopic (exact) mass is 472 g/mol. The number of hydrogen-bond acceptors (Lipinski definition) is 7. The lowest BCUT2D eigenvalue weighted by molar-refractivity contribution is -0.111. The third-order valence-corrected chi connectivity index (χ3v) is 7.60. The minimum Gasteiger partial charge on any atom is -0.487 e. The van der Waals surface area contributed by atoms with Gasteiger partial charge in [-0.05, 0) is 44.0 Å². The minimum absolute atomic E-state index is 0.0450. The number of aromatic nitrogens is 3. The summed E-state index contributed by atoms with van der Waals surface area (Å²) in [5.41, 5.74) is 2.47. The lowest BCUT2D eigenvalue weighted by Gasteiger charge is -2.13. The van der Waals surface area contributed by atoms with Crippen molar-refractivity contribution >= 4 is 39.0 Å². The molecule has 1 saturated heterocycles. The molecule has 0 aliphatic carbocycles. The van der Waals surface area contributed by atoms with Crippen LogP contribution in [0.4, 0.5) is 5.82 Å². The number of sulfone groups is 1. The molecule has 0 bridgehead atoms. The van der Waals surface area contributed by atoms with Gasteiger partial charge in [0.05, 0.1) is 33.9 Å². The van der Waals surface area contributed by atoms with Gasteiger partial charge in [-0.3, -0.25) is 4.79 Å². The van der Waals surface area contributed by atoms with Crippen molar-refractivity contribution in [2.24, 2.45) is 0 Å². The number of nitrogens with one attached hydrogen (secondary N) is 1. The molecule has 1 aliphatic heterocycles. The SMILES string of the molecule is Cc1cc(NC(=O)/C=C/c2ccc(OCc3csc(C)n3)cc2)n([C@H]2CCS(=O)(=O)C2)n1. The Morgan fingerprint density at radius 2 is 2.09 bits per heavy atom. The molecule has 1 amide bonds. The molecule has 3 aromatic rings. The van der Waals surface area contributed by atoms with Crippen LogP contribution in [0, 0.1) is 13.8 Å². The van der Waals surface area contributed by atoms with Crippen LogP contribution in [0.3, 0.4) is 0 Å². The average Bonchev–Trinajstić information content (AvgIpc) is 3.43. The van der Waals surface area contributed by atoms with Gasteiger partial charge in [0.25, 0.3) is 0 Å². The van der Waals surface area contributed by atoms with Gasteiger partial charge in [0.1, 0.15) is 18.2 Å². The van der Waals surface area contributed by atoms with Crippen LogP contribution >= 0.6 is 11.3 Å². The summed E-state index contributed by atoms with van der Waals surface area (Å²) in [6.07, 6.45) is 3.64. The van der Waals surface area contributed by atoms with Crippen LogP contribution < -0.4 is 10.1 Å². The molecule has 0 saturated carbocycles. The number of ether oxygens (including phenoxy) is 1. The Bertz CT molecular complexity index is 1240. The molecule has 1 aromatic carbocycles. The fourth-order valence-electron chi connectivity index (χ4n) is 3.50. The zero-order valence-corrected chi connectivity index (χ0v) is 19.4. The molecule has 1 fully saturated rings. The van der Waals surface area contributed by atoms with Crippen molar-refractivity contribution in [2.75, 3.05) is 16.8 Å². The van der Waals surface area contributed by atoms with E-state index in [1.165, 1.54) is 6.08 Å². The van der Waals surface area contributed by atoms with Crippen molar-refractivity contribution < 1.29 is 17.9 Å². The van der Waals surface area contributed by atoms with Gasteiger partial charge in [0.2, 0.25) is 5.91 Å². The molecular formula is C22H24N4O4S2. The van der Waals surface area contributed by atoms with E-state index in [0.717, 1.165) is 27.7 Å². The van der Waals surface area contributed by atoms with Gasteiger partial charge in [0, 0.05) is 17.5 Å². The molecule has 32 heavy (non-hydrogen) atoms. The number of aryl methyl sites for hydroxylation is 2. The largest absolute Gasteiger partial charge is 0.487 e. The van der Waals surface area contributed by atoms with Crippen molar-refractivity contribution in [1.82, 2.24) is 14.8 Å². The van der Waals surface area contributed by atoms with E-state index < -0.39 is 9.84 Å². The molecule has 0 spiro atoms. The Hall–Kier alpha value is -2.98. The standard InChI is InChI=1S/C22H24N4O4S2/c1-15-11-21(26(25-15)19-9-10-32(28,29)14-19)24-22(27)8-5-17-3-6-20(7-4-17)30-12-18-13-31-16(2)23-18/h3-8,11,13,19H,9-10,12,14H2,1-2H3,(H,24,27)/b8-5+/t19-/m0/s1. The predicted octanol–water partition coefficient (Wildman–Crippen LogP) is 3.55. The maximum atomic E-state index is 12.4. The Morgan fingerprint density at radius 1 is 1.31 bits per heavy atom. The Morgan fingerprint density at radius 3 is 2.75 bits per heavy atom. The quantitative estimate of drug-likeness (QED) is 0.528. The summed E-state index contributed by atoms with van der Waals surface area (Å²) in [6.45, 7) is 4.18. The first-order chi connectivity index (χ1) is 15.3. The minimum atomic E-state index is -3.05. The number of carbonyl (C=O) groups excluding carboxylic acids is 1. The number of rotatable bonds is 7. The zero-order valence-electron chi connectivity index (χ0n) is 17.8. The highest BCUT2D eigenvalue weighted by atomic mass is 32.2. The topological polar surface area (TPSA) is 103 Å². The van der Waals surface area contributed by atoms with Crippen molar-refractivity contribution in [2.45, 2.75) is 32.9 Å². The number of nitrogens with zero attached hydrogens (tertiary/aromatic N) is 3. The number of anilines is 1. The van der Waals surface area contributed by atoms with E-state index in [2.05, 4.69) is 15.4 Å². The van der Waals surface area contributed by atoms with Gasteiger partial charge in [-0.2, -0.15) is 5.10 Å². The van der Waals surface area contributed by atoms with Crippen LogP contribution in [0.5, 0.6) is 5.75 Å². The molecule has 1 aliphatic rings. The Labute approximate surface area is 190 Å². The maximum Gasteiger partial charge on any atom is 0.249 e. The second-order valence-electron chi connectivity index (χ2n) is 7.71. The number of carbonyl (C=O) groups is 1.